The summed E-state index contributed by atoms with van der Waals surface area (Å²) in [6.45, 7) is 0.440. The molecule has 1 aliphatic rings. The van der Waals surface area contributed by atoms with Gasteiger partial charge in [0.1, 0.15) is 5.75 Å². The molecule has 0 radical (unpaired) electrons. The number of rotatable bonds is 15. The van der Waals surface area contributed by atoms with E-state index in [1.165, 1.54) is 26.4 Å². The standard InChI is InChI=1S/C36H37BrN2O8S/c1-44-31-11-6-8-27(32(31)45-2)24-38-35(41)36(20-23-48(42,43)30-9-4-3-5-10-30)33(25-12-16-28(37)17-13-25)47-34(39-36)26-14-18-29(19-15-26)46-22-7-21-40/h3-6,8-19,33,40H,7,20-24H2,1-2H3,(H,38,41)/t33-,36-/m1/s1. The quantitative estimate of drug-likeness (QED) is 0.149. The Labute approximate surface area is 288 Å². The van der Waals surface area contributed by atoms with Gasteiger partial charge in [0, 0.05) is 41.6 Å². The van der Waals surface area contributed by atoms with Gasteiger partial charge in [0.15, 0.2) is 33.0 Å². The summed E-state index contributed by atoms with van der Waals surface area (Å²) in [7, 11) is -0.747. The van der Waals surface area contributed by atoms with Crippen LogP contribution in [0.5, 0.6) is 17.2 Å². The number of aliphatic hydroxyl groups is 1. The van der Waals surface area contributed by atoms with Gasteiger partial charge >= 0.3 is 0 Å². The maximum atomic E-state index is 14.6. The Morgan fingerprint density at radius 2 is 1.69 bits per heavy atom. The van der Waals surface area contributed by atoms with Crippen LogP contribution in [-0.4, -0.2) is 64.1 Å². The largest absolute Gasteiger partial charge is 0.494 e. The van der Waals surface area contributed by atoms with Crippen LogP contribution in [0, 0.1) is 0 Å². The number of carbonyl (C=O) groups is 1. The van der Waals surface area contributed by atoms with Crippen molar-refractivity contribution >= 4 is 37.6 Å². The van der Waals surface area contributed by atoms with Gasteiger partial charge in [-0.15, -0.1) is 0 Å². The van der Waals surface area contributed by atoms with E-state index < -0.39 is 27.4 Å². The van der Waals surface area contributed by atoms with Crippen molar-refractivity contribution in [2.45, 2.75) is 35.9 Å². The molecule has 2 N–H and O–H groups in total. The molecule has 2 atom stereocenters. The third-order valence-electron chi connectivity index (χ3n) is 7.98. The number of ether oxygens (including phenoxy) is 4. The van der Waals surface area contributed by atoms with Crippen LogP contribution in [0.15, 0.2) is 111 Å². The molecular weight excluding hydrogens is 700 g/mol. The first-order chi connectivity index (χ1) is 23.2. The van der Waals surface area contributed by atoms with Gasteiger partial charge in [0.2, 0.25) is 5.90 Å². The fourth-order valence-corrected chi connectivity index (χ4v) is 7.12. The molecule has 1 amide bonds. The zero-order chi connectivity index (χ0) is 34.1. The van der Waals surface area contributed by atoms with Gasteiger partial charge in [0.25, 0.3) is 5.91 Å². The zero-order valence-electron chi connectivity index (χ0n) is 26.6. The lowest BCUT2D eigenvalue weighted by Crippen LogP contribution is -2.49. The maximum Gasteiger partial charge on any atom is 0.252 e. The topological polar surface area (TPSA) is 133 Å². The summed E-state index contributed by atoms with van der Waals surface area (Å²) in [6, 6.07) is 27.8. The number of aliphatic hydroxyl groups excluding tert-OH is 1. The third kappa shape index (κ3) is 7.83. The summed E-state index contributed by atoms with van der Waals surface area (Å²) >= 11 is 3.47. The monoisotopic (exact) mass is 736 g/mol. The average Bonchev–Trinajstić information content (AvgIpc) is 3.51. The van der Waals surface area contributed by atoms with Gasteiger partial charge in [-0.2, -0.15) is 0 Å². The van der Waals surface area contributed by atoms with E-state index >= 15 is 0 Å². The lowest BCUT2D eigenvalue weighted by Gasteiger charge is -2.31. The van der Waals surface area contributed by atoms with Gasteiger partial charge in [-0.3, -0.25) is 4.79 Å². The number of aliphatic imine (C=N–C) groups is 1. The number of methoxy groups -OCH3 is 2. The second-order valence-corrected chi connectivity index (χ2v) is 14.1. The number of sulfone groups is 1. The summed E-state index contributed by atoms with van der Waals surface area (Å²) < 4.78 is 51.2. The van der Waals surface area contributed by atoms with E-state index in [1.54, 1.807) is 54.6 Å². The van der Waals surface area contributed by atoms with Crippen molar-refractivity contribution in [2.24, 2.45) is 4.99 Å². The smallest absolute Gasteiger partial charge is 0.252 e. The Hall–Kier alpha value is -4.39. The molecule has 48 heavy (non-hydrogen) atoms. The number of hydrogen-bond acceptors (Lipinski definition) is 9. The van der Waals surface area contributed by atoms with Crippen molar-refractivity contribution in [2.75, 3.05) is 33.2 Å². The predicted octanol–water partition coefficient (Wildman–Crippen LogP) is 5.66. The van der Waals surface area contributed by atoms with E-state index in [0.29, 0.717) is 47.0 Å². The van der Waals surface area contributed by atoms with E-state index in [1.807, 2.05) is 30.3 Å². The number of para-hydroxylation sites is 1. The molecule has 0 unspecified atom stereocenters. The number of carbonyl (C=O) groups excluding carboxylic acids is 1. The third-order valence-corrected chi connectivity index (χ3v) is 10.2. The van der Waals surface area contributed by atoms with E-state index in [9.17, 15) is 13.2 Å². The maximum absolute atomic E-state index is 14.6. The summed E-state index contributed by atoms with van der Waals surface area (Å²) in [5, 5.41) is 12.1. The van der Waals surface area contributed by atoms with Crippen LogP contribution < -0.4 is 19.5 Å². The number of benzene rings is 4. The van der Waals surface area contributed by atoms with Crippen LogP contribution in [0.2, 0.25) is 0 Å². The van der Waals surface area contributed by atoms with Crippen LogP contribution >= 0.6 is 15.9 Å². The summed E-state index contributed by atoms with van der Waals surface area (Å²) in [6.07, 6.45) is -0.630. The molecule has 0 bridgehead atoms. The van der Waals surface area contributed by atoms with Crippen molar-refractivity contribution in [3.05, 3.63) is 118 Å². The lowest BCUT2D eigenvalue weighted by molar-refractivity contribution is -0.129. The summed E-state index contributed by atoms with van der Waals surface area (Å²) in [4.78, 5) is 19.7. The highest BCUT2D eigenvalue weighted by Gasteiger charge is 2.53. The fraction of sp³-hybridized carbons (Fsp3) is 0.278. The highest BCUT2D eigenvalue weighted by Crippen LogP contribution is 2.43. The highest BCUT2D eigenvalue weighted by atomic mass is 79.9. The van der Waals surface area contributed by atoms with E-state index in [0.717, 1.165) is 4.47 Å². The Balaban J connectivity index is 1.56. The van der Waals surface area contributed by atoms with E-state index in [-0.39, 0.29) is 36.1 Å². The average molecular weight is 738 g/mol. The minimum Gasteiger partial charge on any atom is -0.494 e. The Morgan fingerprint density at radius 3 is 2.35 bits per heavy atom. The number of nitrogens with one attached hydrogen (secondary N) is 1. The molecule has 4 aromatic carbocycles. The minimum atomic E-state index is -3.80. The zero-order valence-corrected chi connectivity index (χ0v) is 29.0. The van der Waals surface area contributed by atoms with Crippen LogP contribution in [-0.2, 0) is 25.9 Å². The highest BCUT2D eigenvalue weighted by molar-refractivity contribution is 9.10. The molecule has 0 saturated carbocycles. The fourth-order valence-electron chi connectivity index (χ4n) is 5.47. The van der Waals surface area contributed by atoms with Gasteiger partial charge in [-0.05, 0) is 60.2 Å². The first kappa shape index (κ1) is 34.9. The summed E-state index contributed by atoms with van der Waals surface area (Å²) in [5.74, 6) is 0.893. The first-order valence-electron chi connectivity index (χ1n) is 15.3. The predicted molar refractivity (Wildman–Crippen MR) is 185 cm³/mol. The minimum absolute atomic E-state index is 0.0227. The molecule has 5 rings (SSSR count). The normalized spacial score (nSPS) is 17.2. The van der Waals surface area contributed by atoms with Crippen molar-refractivity contribution in [1.82, 2.24) is 5.32 Å². The Morgan fingerprint density at radius 1 is 0.958 bits per heavy atom. The van der Waals surface area contributed by atoms with E-state index in [2.05, 4.69) is 21.2 Å². The molecule has 0 aromatic heterocycles. The molecule has 252 valence electrons. The molecule has 4 aromatic rings. The van der Waals surface area contributed by atoms with E-state index in [4.69, 9.17) is 29.0 Å². The van der Waals surface area contributed by atoms with Crippen LogP contribution in [0.4, 0.5) is 0 Å². The molecule has 0 saturated heterocycles. The Kier molecular flexibility index (Phi) is 11.4. The lowest BCUT2D eigenvalue weighted by atomic mass is 9.85. The SMILES string of the molecule is COc1cccc(CNC(=O)[C@]2(CCS(=O)(=O)c3ccccc3)N=C(c3ccc(OCCCO)cc3)O[C@@H]2c2ccc(Br)cc2)c1OC. The van der Waals surface area contributed by atoms with Gasteiger partial charge in [-0.25, -0.2) is 13.4 Å². The second-order valence-electron chi connectivity index (χ2n) is 11.1. The number of amides is 1. The number of hydrogen-bond donors (Lipinski definition) is 2. The first-order valence-corrected chi connectivity index (χ1v) is 17.8. The van der Waals surface area contributed by atoms with Gasteiger partial charge in [0.05, 0.1) is 31.5 Å². The molecule has 0 fully saturated rings. The molecule has 12 heteroatoms. The summed E-state index contributed by atoms with van der Waals surface area (Å²) in [5.41, 5.74) is 0.221. The van der Waals surface area contributed by atoms with Crippen molar-refractivity contribution in [3.8, 4) is 17.2 Å². The van der Waals surface area contributed by atoms with Crippen molar-refractivity contribution in [3.63, 3.8) is 0 Å². The molecule has 0 spiro atoms. The van der Waals surface area contributed by atoms with Gasteiger partial charge in [-0.1, -0.05) is 58.4 Å². The van der Waals surface area contributed by atoms with Gasteiger partial charge < -0.3 is 29.4 Å². The van der Waals surface area contributed by atoms with Crippen LogP contribution in [0.1, 0.15) is 35.6 Å². The molecule has 1 heterocycles. The molecule has 0 aliphatic carbocycles. The Bertz CT molecular complexity index is 1830. The number of nitrogens with zero attached hydrogens (tertiary/aromatic N) is 1. The molecular formula is C36H37BrN2O8S. The van der Waals surface area contributed by atoms with Crippen LogP contribution in [0.25, 0.3) is 0 Å². The number of halogens is 1. The van der Waals surface area contributed by atoms with Crippen LogP contribution in [0.3, 0.4) is 0 Å². The molecule has 10 nitrogen and oxygen atoms in total. The van der Waals surface area contributed by atoms with Crippen molar-refractivity contribution in [1.29, 1.82) is 0 Å². The molecule has 1 aliphatic heterocycles. The van der Waals surface area contributed by atoms with Crippen molar-refractivity contribution < 1.29 is 37.3 Å². The second kappa shape index (κ2) is 15.7.